The molecular formula is C28H38O6. The molecule has 0 amide bonds. The Morgan fingerprint density at radius 2 is 1.94 bits per heavy atom. The zero-order valence-electron chi connectivity index (χ0n) is 21.6. The van der Waals surface area contributed by atoms with Gasteiger partial charge in [0.15, 0.2) is 23.3 Å². The molecule has 34 heavy (non-hydrogen) atoms. The molecule has 186 valence electrons. The highest BCUT2D eigenvalue weighted by Crippen LogP contribution is 2.72. The third-order valence-electron chi connectivity index (χ3n) is 9.65. The average Bonchev–Trinajstić information content (AvgIpc) is 3.25. The lowest BCUT2D eigenvalue weighted by Crippen LogP contribution is -2.68. The Morgan fingerprint density at radius 1 is 1.26 bits per heavy atom. The number of carbonyl (C=O) groups is 2. The van der Waals surface area contributed by atoms with Crippen LogP contribution in [0.15, 0.2) is 34.9 Å². The number of fused-ring (bicyclic) bond motifs is 5. The molecule has 5 rings (SSSR count). The number of rotatable bonds is 2. The molecule has 0 aromatic rings. The van der Waals surface area contributed by atoms with E-state index in [-0.39, 0.29) is 35.6 Å². The summed E-state index contributed by atoms with van der Waals surface area (Å²) in [7, 11) is 0. The average molecular weight is 471 g/mol. The lowest BCUT2D eigenvalue weighted by molar-refractivity contribution is -0.303. The molecule has 6 heteroatoms. The van der Waals surface area contributed by atoms with Crippen LogP contribution in [0.3, 0.4) is 0 Å². The molecule has 1 spiro atoms. The summed E-state index contributed by atoms with van der Waals surface area (Å²) < 4.78 is 18.4. The first-order valence-corrected chi connectivity index (χ1v) is 12.5. The Labute approximate surface area is 202 Å². The second-order valence-electron chi connectivity index (χ2n) is 12.2. The highest BCUT2D eigenvalue weighted by atomic mass is 16.7. The van der Waals surface area contributed by atoms with Gasteiger partial charge in [-0.05, 0) is 75.4 Å². The molecule has 0 radical (unpaired) electrons. The van der Waals surface area contributed by atoms with Crippen molar-refractivity contribution in [3.63, 3.8) is 0 Å². The first kappa shape index (κ1) is 24.0. The predicted octanol–water partition coefficient (Wildman–Crippen LogP) is 4.13. The van der Waals surface area contributed by atoms with Crippen molar-refractivity contribution >= 4 is 11.8 Å². The number of ketones is 1. The van der Waals surface area contributed by atoms with Crippen LogP contribution in [0, 0.1) is 34.5 Å². The Morgan fingerprint density at radius 3 is 2.59 bits per heavy atom. The third kappa shape index (κ3) is 2.85. The van der Waals surface area contributed by atoms with Crippen molar-refractivity contribution in [2.45, 2.75) is 85.4 Å². The molecule has 1 heterocycles. The van der Waals surface area contributed by atoms with E-state index in [4.69, 9.17) is 14.2 Å². The minimum absolute atomic E-state index is 0.0181. The minimum Gasteiger partial charge on any atom is -0.451 e. The topological polar surface area (TPSA) is 82.1 Å². The van der Waals surface area contributed by atoms with E-state index in [0.29, 0.717) is 17.1 Å². The van der Waals surface area contributed by atoms with E-state index in [2.05, 4.69) is 20.8 Å². The van der Waals surface area contributed by atoms with Crippen LogP contribution in [-0.4, -0.2) is 47.1 Å². The minimum atomic E-state index is -1.76. The first-order valence-electron chi connectivity index (χ1n) is 12.5. The molecule has 8 atom stereocenters. The summed E-state index contributed by atoms with van der Waals surface area (Å²) in [5.41, 5.74) is -0.994. The summed E-state index contributed by atoms with van der Waals surface area (Å²) in [5, 5.41) is 12.9. The van der Waals surface area contributed by atoms with E-state index in [9.17, 15) is 14.7 Å². The largest absolute Gasteiger partial charge is 0.451 e. The summed E-state index contributed by atoms with van der Waals surface area (Å²) in [6.45, 7) is 15.8. The molecule has 1 aliphatic heterocycles. The van der Waals surface area contributed by atoms with Gasteiger partial charge < -0.3 is 19.3 Å². The third-order valence-corrected chi connectivity index (χ3v) is 9.65. The highest BCUT2D eigenvalue weighted by Gasteiger charge is 2.77. The molecule has 1 N–H and O–H groups in total. The number of Topliss-reactive ketones (excluding diaryl/α,β-unsaturated/α-hetero) is 1. The summed E-state index contributed by atoms with van der Waals surface area (Å²) in [5.74, 6) is -1.30. The van der Waals surface area contributed by atoms with Crippen molar-refractivity contribution in [3.8, 4) is 0 Å². The number of aliphatic hydroxyl groups is 1. The standard InChI is InChI=1S/C28H38O6/c1-9-14(2)24(30)33-22-15(3)12-27-16(4)10-19-20(25(19,5)6)18(21(27)29)11-17-13-32-26(7,8)34-23(17)28(22,27)31/h9,11-12,16,18-20,22-23,31H,10,13H2,1-8H3/t16-,18+,19-,20+,22+,23-,27+,28?/m1/s1. The van der Waals surface area contributed by atoms with E-state index in [1.54, 1.807) is 19.9 Å². The van der Waals surface area contributed by atoms with Crippen molar-refractivity contribution < 1.29 is 28.9 Å². The lowest BCUT2D eigenvalue weighted by Gasteiger charge is -2.52. The Bertz CT molecular complexity index is 1050. The van der Waals surface area contributed by atoms with E-state index in [1.807, 2.05) is 32.9 Å². The molecule has 4 aliphatic carbocycles. The molecule has 0 aromatic heterocycles. The van der Waals surface area contributed by atoms with Gasteiger partial charge in [0.2, 0.25) is 0 Å². The van der Waals surface area contributed by atoms with E-state index < -0.39 is 35.0 Å². The number of esters is 1. The van der Waals surface area contributed by atoms with Crippen molar-refractivity contribution in [1.82, 2.24) is 0 Å². The zero-order valence-corrected chi connectivity index (χ0v) is 21.6. The molecule has 3 fully saturated rings. The predicted molar refractivity (Wildman–Crippen MR) is 126 cm³/mol. The van der Waals surface area contributed by atoms with Crippen LogP contribution in [0.2, 0.25) is 0 Å². The van der Waals surface area contributed by atoms with Crippen LogP contribution in [0.5, 0.6) is 0 Å². The summed E-state index contributed by atoms with van der Waals surface area (Å²) >= 11 is 0. The Hall–Kier alpha value is -1.76. The second-order valence-corrected chi connectivity index (χ2v) is 12.2. The van der Waals surface area contributed by atoms with Gasteiger partial charge in [0, 0.05) is 11.5 Å². The van der Waals surface area contributed by atoms with Crippen molar-refractivity contribution in [1.29, 1.82) is 0 Å². The molecule has 0 aromatic carbocycles. The summed E-state index contributed by atoms with van der Waals surface area (Å²) in [4.78, 5) is 27.5. The number of hydrogen-bond donors (Lipinski definition) is 1. The maximum absolute atomic E-state index is 14.6. The first-order chi connectivity index (χ1) is 15.7. The molecule has 1 unspecified atom stereocenters. The molecule has 2 saturated carbocycles. The normalized spacial score (nSPS) is 46.1. The van der Waals surface area contributed by atoms with Crippen LogP contribution < -0.4 is 0 Å². The van der Waals surface area contributed by atoms with Crippen LogP contribution in [-0.2, 0) is 23.8 Å². The maximum atomic E-state index is 14.6. The Balaban J connectivity index is 1.72. The number of hydrogen-bond acceptors (Lipinski definition) is 6. The fourth-order valence-electron chi connectivity index (χ4n) is 7.62. The SMILES string of the molecule is CC=C(C)C(=O)O[C@H]1C(C)=C[C@]23C(=O)[C@@H](C=C4COC(C)(C)O[C@H]4C12O)[C@H]1[C@@H](C[C@H]3C)C1(C)C. The van der Waals surface area contributed by atoms with Gasteiger partial charge in [0.25, 0.3) is 0 Å². The second kappa shape index (κ2) is 7.14. The number of allylic oxidation sites excluding steroid dienone is 2. The van der Waals surface area contributed by atoms with Gasteiger partial charge in [0.1, 0.15) is 6.10 Å². The molecular weight excluding hydrogens is 432 g/mol. The van der Waals surface area contributed by atoms with Crippen molar-refractivity contribution in [2.24, 2.45) is 34.5 Å². The van der Waals surface area contributed by atoms with E-state index in [0.717, 1.165) is 12.0 Å². The van der Waals surface area contributed by atoms with Gasteiger partial charge in [-0.25, -0.2) is 4.79 Å². The van der Waals surface area contributed by atoms with Crippen molar-refractivity contribution in [3.05, 3.63) is 34.9 Å². The van der Waals surface area contributed by atoms with Gasteiger partial charge in [-0.15, -0.1) is 0 Å². The van der Waals surface area contributed by atoms with Gasteiger partial charge >= 0.3 is 5.97 Å². The van der Waals surface area contributed by atoms with Crippen LogP contribution in [0.4, 0.5) is 0 Å². The fourth-order valence-corrected chi connectivity index (χ4v) is 7.62. The van der Waals surface area contributed by atoms with Crippen LogP contribution >= 0.6 is 0 Å². The highest BCUT2D eigenvalue weighted by molar-refractivity contribution is 5.96. The van der Waals surface area contributed by atoms with E-state index in [1.165, 1.54) is 0 Å². The number of ether oxygens (including phenoxy) is 3. The van der Waals surface area contributed by atoms with Gasteiger partial charge in [-0.3, -0.25) is 4.79 Å². The Kier molecular flexibility index (Phi) is 5.03. The molecule has 6 nitrogen and oxygen atoms in total. The smallest absolute Gasteiger partial charge is 0.334 e. The quantitative estimate of drug-likeness (QED) is 0.371. The van der Waals surface area contributed by atoms with Crippen LogP contribution in [0.1, 0.15) is 61.8 Å². The maximum Gasteiger partial charge on any atom is 0.334 e. The number of carbonyl (C=O) groups excluding carboxylic acids is 2. The van der Waals surface area contributed by atoms with Crippen LogP contribution in [0.25, 0.3) is 0 Å². The fraction of sp³-hybridized carbons (Fsp3) is 0.714. The van der Waals surface area contributed by atoms with E-state index >= 15 is 0 Å². The molecule has 2 bridgehead atoms. The molecule has 5 aliphatic rings. The lowest BCUT2D eigenvalue weighted by atomic mass is 9.59. The van der Waals surface area contributed by atoms with Gasteiger partial charge in [-0.2, -0.15) is 0 Å². The molecule has 1 saturated heterocycles. The van der Waals surface area contributed by atoms with Gasteiger partial charge in [0.05, 0.1) is 12.0 Å². The summed E-state index contributed by atoms with van der Waals surface area (Å²) in [6.07, 6.45) is 4.62. The van der Waals surface area contributed by atoms with Gasteiger partial charge in [-0.1, -0.05) is 39.0 Å². The van der Waals surface area contributed by atoms with Crippen molar-refractivity contribution in [2.75, 3.05) is 6.61 Å². The zero-order chi connectivity index (χ0) is 25.0. The monoisotopic (exact) mass is 470 g/mol. The summed E-state index contributed by atoms with van der Waals surface area (Å²) in [6, 6.07) is 0.